The van der Waals surface area contributed by atoms with Gasteiger partial charge >= 0.3 is 0 Å². The lowest BCUT2D eigenvalue weighted by atomic mass is 9.60. The van der Waals surface area contributed by atoms with Crippen LogP contribution in [0.15, 0.2) is 54.6 Å². The second-order valence-corrected chi connectivity index (χ2v) is 5.69. The predicted molar refractivity (Wildman–Crippen MR) is 85.4 cm³/mol. The summed E-state index contributed by atoms with van der Waals surface area (Å²) in [6.45, 7) is 3.86. The number of hydrogen-bond acceptors (Lipinski definition) is 3. The van der Waals surface area contributed by atoms with Gasteiger partial charge in [0.25, 0.3) is 0 Å². The molecule has 0 aliphatic carbocycles. The molecule has 3 nitrogen and oxygen atoms in total. The monoisotopic (exact) mass is 290 g/mol. The molecule has 2 rings (SSSR count). The molecule has 0 atom stereocenters. The number of hydrogen-bond donors (Lipinski definition) is 0. The van der Waals surface area contributed by atoms with Crippen molar-refractivity contribution in [2.75, 3.05) is 7.11 Å². The summed E-state index contributed by atoms with van der Waals surface area (Å²) in [6.07, 6.45) is 0. The smallest absolute Gasteiger partial charge is 0.177 e. The van der Waals surface area contributed by atoms with Crippen LogP contribution >= 0.6 is 0 Å². The van der Waals surface area contributed by atoms with E-state index in [0.29, 0.717) is 11.3 Å². The van der Waals surface area contributed by atoms with E-state index in [-0.39, 0.29) is 0 Å². The van der Waals surface area contributed by atoms with Crippen LogP contribution in [0.3, 0.4) is 0 Å². The molecule has 110 valence electrons. The van der Waals surface area contributed by atoms with E-state index in [0.717, 1.165) is 5.56 Å². The molecule has 0 fully saturated rings. The lowest BCUT2D eigenvalue weighted by Gasteiger charge is -2.37. The van der Waals surface area contributed by atoms with Crippen LogP contribution in [0.4, 0.5) is 0 Å². The highest BCUT2D eigenvalue weighted by atomic mass is 16.5. The number of ether oxygens (including phenoxy) is 1. The SMILES string of the molecule is COc1ccc(C(C#N)(C#N)C(C)(C)c2ccccc2)cc1. The normalized spacial score (nSPS) is 11.3. The molecule has 0 bridgehead atoms. The molecule has 0 saturated heterocycles. The van der Waals surface area contributed by atoms with Crippen molar-refractivity contribution in [2.24, 2.45) is 0 Å². The molecular weight excluding hydrogens is 272 g/mol. The standard InChI is InChI=1S/C19H18N2O/c1-18(2,15-7-5-4-6-8-15)19(13-20,14-21)16-9-11-17(22-3)12-10-16/h4-12H,1-3H3. The molecule has 0 aromatic heterocycles. The van der Waals surface area contributed by atoms with Gasteiger partial charge in [-0.1, -0.05) is 56.3 Å². The molecule has 0 saturated carbocycles. The lowest BCUT2D eigenvalue weighted by molar-refractivity contribution is 0.395. The van der Waals surface area contributed by atoms with Crippen LogP contribution in [0, 0.1) is 22.7 Å². The average molecular weight is 290 g/mol. The average Bonchev–Trinajstić information content (AvgIpc) is 2.57. The maximum atomic E-state index is 9.85. The van der Waals surface area contributed by atoms with Crippen molar-refractivity contribution in [1.29, 1.82) is 10.5 Å². The van der Waals surface area contributed by atoms with Gasteiger partial charge in [-0.05, 0) is 23.3 Å². The number of methoxy groups -OCH3 is 1. The molecule has 2 aromatic rings. The van der Waals surface area contributed by atoms with E-state index in [1.807, 2.05) is 44.2 Å². The number of nitriles is 2. The van der Waals surface area contributed by atoms with Gasteiger partial charge < -0.3 is 4.74 Å². The molecule has 22 heavy (non-hydrogen) atoms. The Morgan fingerprint density at radius 1 is 0.818 bits per heavy atom. The Morgan fingerprint density at radius 3 is 1.82 bits per heavy atom. The fourth-order valence-corrected chi connectivity index (χ4v) is 2.71. The van der Waals surface area contributed by atoms with Crippen LogP contribution < -0.4 is 4.74 Å². The molecule has 0 unspecified atom stereocenters. The second kappa shape index (κ2) is 5.92. The second-order valence-electron chi connectivity index (χ2n) is 5.69. The number of rotatable bonds is 4. The first-order valence-corrected chi connectivity index (χ1v) is 7.04. The third-order valence-electron chi connectivity index (χ3n) is 4.29. The molecule has 3 heteroatoms. The zero-order chi connectivity index (χ0) is 16.2. The Bertz CT molecular complexity index is 705. The summed E-state index contributed by atoms with van der Waals surface area (Å²) in [5, 5.41) is 19.7. The summed E-state index contributed by atoms with van der Waals surface area (Å²) in [4.78, 5) is 0. The molecular formula is C19H18N2O. The lowest BCUT2D eigenvalue weighted by Crippen LogP contribution is -2.43. The Hall–Kier alpha value is -2.78. The van der Waals surface area contributed by atoms with E-state index in [1.165, 1.54) is 0 Å². The van der Waals surface area contributed by atoms with Crippen molar-refractivity contribution in [3.8, 4) is 17.9 Å². The van der Waals surface area contributed by atoms with E-state index >= 15 is 0 Å². The van der Waals surface area contributed by atoms with E-state index in [9.17, 15) is 10.5 Å². The van der Waals surface area contributed by atoms with Gasteiger partial charge in [0, 0.05) is 5.41 Å². The summed E-state index contributed by atoms with van der Waals surface area (Å²) < 4.78 is 5.15. The van der Waals surface area contributed by atoms with Crippen LogP contribution in [0.2, 0.25) is 0 Å². The number of nitrogens with zero attached hydrogens (tertiary/aromatic N) is 2. The summed E-state index contributed by atoms with van der Waals surface area (Å²) in [5.41, 5.74) is -0.312. The highest BCUT2D eigenvalue weighted by Crippen LogP contribution is 2.43. The van der Waals surface area contributed by atoms with Gasteiger partial charge in [-0.3, -0.25) is 0 Å². The zero-order valence-corrected chi connectivity index (χ0v) is 13.0. The van der Waals surface area contributed by atoms with Crippen LogP contribution in [0.25, 0.3) is 0 Å². The fourth-order valence-electron chi connectivity index (χ4n) is 2.71. The largest absolute Gasteiger partial charge is 0.497 e. The van der Waals surface area contributed by atoms with E-state index in [2.05, 4.69) is 12.1 Å². The predicted octanol–water partition coefficient (Wildman–Crippen LogP) is 3.96. The van der Waals surface area contributed by atoms with Crippen molar-refractivity contribution in [3.63, 3.8) is 0 Å². The topological polar surface area (TPSA) is 56.8 Å². The van der Waals surface area contributed by atoms with Crippen molar-refractivity contribution < 1.29 is 4.74 Å². The van der Waals surface area contributed by atoms with Gasteiger partial charge in [-0.2, -0.15) is 10.5 Å². The van der Waals surface area contributed by atoms with E-state index in [1.54, 1.807) is 31.4 Å². The summed E-state index contributed by atoms with van der Waals surface area (Å²) in [7, 11) is 1.59. The minimum absolute atomic E-state index is 0.660. The Labute approximate surface area is 131 Å². The Balaban J connectivity index is 2.62. The van der Waals surface area contributed by atoms with Crippen molar-refractivity contribution >= 4 is 0 Å². The molecule has 0 heterocycles. The number of benzene rings is 2. The quantitative estimate of drug-likeness (QED) is 0.856. The Kier molecular flexibility index (Phi) is 4.20. The summed E-state index contributed by atoms with van der Waals surface area (Å²) >= 11 is 0. The van der Waals surface area contributed by atoms with Crippen molar-refractivity contribution in [2.45, 2.75) is 24.7 Å². The van der Waals surface area contributed by atoms with Gasteiger partial charge in [0.1, 0.15) is 5.75 Å². The third kappa shape index (κ3) is 2.32. The molecule has 0 spiro atoms. The van der Waals surface area contributed by atoms with Crippen LogP contribution in [0.5, 0.6) is 5.75 Å². The van der Waals surface area contributed by atoms with Gasteiger partial charge in [0.05, 0.1) is 19.2 Å². The molecule has 2 aromatic carbocycles. The van der Waals surface area contributed by atoms with E-state index < -0.39 is 10.8 Å². The van der Waals surface area contributed by atoms with Gasteiger partial charge in [-0.25, -0.2) is 0 Å². The summed E-state index contributed by atoms with van der Waals surface area (Å²) in [5.74, 6) is 0.700. The van der Waals surface area contributed by atoms with Crippen LogP contribution in [-0.2, 0) is 10.8 Å². The summed E-state index contributed by atoms with van der Waals surface area (Å²) in [6, 6.07) is 21.3. The van der Waals surface area contributed by atoms with Gasteiger partial charge in [0.15, 0.2) is 5.41 Å². The molecule has 0 aliphatic heterocycles. The highest BCUT2D eigenvalue weighted by molar-refractivity contribution is 5.50. The first kappa shape index (κ1) is 15.6. The molecule has 0 aliphatic rings. The zero-order valence-electron chi connectivity index (χ0n) is 13.0. The first-order chi connectivity index (χ1) is 10.5. The van der Waals surface area contributed by atoms with Crippen LogP contribution in [0.1, 0.15) is 25.0 Å². The first-order valence-electron chi connectivity index (χ1n) is 7.04. The van der Waals surface area contributed by atoms with Crippen LogP contribution in [-0.4, -0.2) is 7.11 Å². The maximum absolute atomic E-state index is 9.85. The fraction of sp³-hybridized carbons (Fsp3) is 0.263. The van der Waals surface area contributed by atoms with Gasteiger partial charge in [0.2, 0.25) is 0 Å². The van der Waals surface area contributed by atoms with Gasteiger partial charge in [-0.15, -0.1) is 0 Å². The highest BCUT2D eigenvalue weighted by Gasteiger charge is 2.48. The minimum atomic E-state index is -1.28. The maximum Gasteiger partial charge on any atom is 0.177 e. The van der Waals surface area contributed by atoms with E-state index in [4.69, 9.17) is 4.74 Å². The molecule has 0 N–H and O–H groups in total. The van der Waals surface area contributed by atoms with Crippen molar-refractivity contribution in [3.05, 3.63) is 65.7 Å². The third-order valence-corrected chi connectivity index (χ3v) is 4.29. The molecule has 0 radical (unpaired) electrons. The molecule has 0 amide bonds. The Morgan fingerprint density at radius 2 is 1.36 bits per heavy atom. The minimum Gasteiger partial charge on any atom is -0.497 e. The van der Waals surface area contributed by atoms with Crippen molar-refractivity contribution in [1.82, 2.24) is 0 Å².